The highest BCUT2D eigenvalue weighted by atomic mass is 15.5. The quantitative estimate of drug-likeness (QED) is 0.763. The summed E-state index contributed by atoms with van der Waals surface area (Å²) in [5.41, 5.74) is 0. The Morgan fingerprint density at radius 2 is 2.00 bits per heavy atom. The van der Waals surface area contributed by atoms with Gasteiger partial charge in [0, 0.05) is 6.04 Å². The van der Waals surface area contributed by atoms with Gasteiger partial charge in [0.1, 0.15) is 0 Å². The zero-order valence-electron chi connectivity index (χ0n) is 9.32. The first-order valence-corrected chi connectivity index (χ1v) is 5.79. The predicted molar refractivity (Wildman–Crippen MR) is 57.1 cm³/mol. The lowest BCUT2D eigenvalue weighted by molar-refractivity contribution is 0.208. The van der Waals surface area contributed by atoms with Crippen molar-refractivity contribution in [2.45, 2.75) is 51.1 Å². The van der Waals surface area contributed by atoms with E-state index in [1.54, 1.807) is 0 Å². The maximum absolute atomic E-state index is 3.99. The van der Waals surface area contributed by atoms with Crippen LogP contribution in [-0.4, -0.2) is 38.6 Å². The summed E-state index contributed by atoms with van der Waals surface area (Å²) >= 11 is 0. The van der Waals surface area contributed by atoms with Gasteiger partial charge >= 0.3 is 0 Å². The van der Waals surface area contributed by atoms with E-state index in [1.165, 1.54) is 38.5 Å². The van der Waals surface area contributed by atoms with E-state index in [-0.39, 0.29) is 0 Å². The Morgan fingerprint density at radius 3 is 2.60 bits per heavy atom. The summed E-state index contributed by atoms with van der Waals surface area (Å²) in [6.07, 6.45) is 8.14. The fraction of sp³-hybridized carbons (Fsp3) is 0.900. The molecule has 0 atom stereocenters. The van der Waals surface area contributed by atoms with Crippen molar-refractivity contribution in [2.24, 2.45) is 0 Å². The molecule has 0 spiro atoms. The van der Waals surface area contributed by atoms with Crippen LogP contribution >= 0.6 is 0 Å². The molecule has 1 N–H and O–H groups in total. The average Bonchev–Trinajstić information content (AvgIpc) is 2.58. The van der Waals surface area contributed by atoms with Crippen molar-refractivity contribution in [1.82, 2.24) is 25.5 Å². The van der Waals surface area contributed by atoms with E-state index >= 15 is 0 Å². The second kappa shape index (κ2) is 5.21. The Hall–Kier alpha value is -0.970. The second-order valence-corrected chi connectivity index (χ2v) is 4.39. The topological polar surface area (TPSA) is 57.7 Å². The van der Waals surface area contributed by atoms with Crippen molar-refractivity contribution in [3.05, 3.63) is 5.82 Å². The first kappa shape index (κ1) is 10.5. The molecular formula is C10H19N5. The van der Waals surface area contributed by atoms with Crippen LogP contribution in [0.5, 0.6) is 0 Å². The van der Waals surface area contributed by atoms with Crippen molar-refractivity contribution < 1.29 is 0 Å². The summed E-state index contributed by atoms with van der Waals surface area (Å²) in [5.74, 6) is 0.793. The SMILES string of the molecule is CN(Cc1nn[nH]n1)C1CCCCCC1. The Bertz CT molecular complexity index is 263. The first-order chi connectivity index (χ1) is 7.36. The third-order valence-electron chi connectivity index (χ3n) is 3.23. The summed E-state index contributed by atoms with van der Waals surface area (Å²) in [5, 5.41) is 14.0. The lowest BCUT2D eigenvalue weighted by Gasteiger charge is -2.25. The number of nitrogens with one attached hydrogen (secondary N) is 1. The molecule has 5 heteroatoms. The van der Waals surface area contributed by atoms with E-state index in [4.69, 9.17) is 0 Å². The van der Waals surface area contributed by atoms with E-state index < -0.39 is 0 Å². The van der Waals surface area contributed by atoms with Crippen LogP contribution in [0.25, 0.3) is 0 Å². The van der Waals surface area contributed by atoms with Gasteiger partial charge in [-0.15, -0.1) is 10.2 Å². The molecule has 1 aliphatic carbocycles. The molecule has 0 radical (unpaired) electrons. The third kappa shape index (κ3) is 2.99. The van der Waals surface area contributed by atoms with Crippen molar-refractivity contribution >= 4 is 0 Å². The van der Waals surface area contributed by atoms with Crippen molar-refractivity contribution in [3.8, 4) is 0 Å². The Labute approximate surface area is 90.2 Å². The van der Waals surface area contributed by atoms with Crippen LogP contribution in [0.3, 0.4) is 0 Å². The molecule has 84 valence electrons. The molecule has 0 bridgehead atoms. The number of aromatic amines is 1. The summed E-state index contributed by atoms with van der Waals surface area (Å²) < 4.78 is 0. The lowest BCUT2D eigenvalue weighted by atomic mass is 10.1. The zero-order valence-corrected chi connectivity index (χ0v) is 9.32. The Morgan fingerprint density at radius 1 is 1.27 bits per heavy atom. The van der Waals surface area contributed by atoms with Crippen molar-refractivity contribution in [1.29, 1.82) is 0 Å². The van der Waals surface area contributed by atoms with Crippen LogP contribution in [0.4, 0.5) is 0 Å². The second-order valence-electron chi connectivity index (χ2n) is 4.39. The van der Waals surface area contributed by atoms with Crippen LogP contribution in [0.1, 0.15) is 44.3 Å². The van der Waals surface area contributed by atoms with Gasteiger partial charge in [0.15, 0.2) is 5.82 Å². The van der Waals surface area contributed by atoms with Crippen molar-refractivity contribution in [3.63, 3.8) is 0 Å². The van der Waals surface area contributed by atoms with Gasteiger partial charge in [-0.1, -0.05) is 30.9 Å². The number of aromatic nitrogens is 4. The highest BCUT2D eigenvalue weighted by molar-refractivity contribution is 4.79. The lowest BCUT2D eigenvalue weighted by Crippen LogP contribution is -2.31. The summed E-state index contributed by atoms with van der Waals surface area (Å²) in [6.45, 7) is 0.807. The van der Waals surface area contributed by atoms with Gasteiger partial charge in [-0.05, 0) is 19.9 Å². The molecule has 2 rings (SSSR count). The van der Waals surface area contributed by atoms with Gasteiger partial charge in [0.25, 0.3) is 0 Å². The number of hydrogen-bond donors (Lipinski definition) is 1. The maximum Gasteiger partial charge on any atom is 0.188 e. The van der Waals surface area contributed by atoms with Crippen molar-refractivity contribution in [2.75, 3.05) is 7.05 Å². The highest BCUT2D eigenvalue weighted by Gasteiger charge is 2.17. The summed E-state index contributed by atoms with van der Waals surface area (Å²) in [4.78, 5) is 2.36. The number of nitrogens with zero attached hydrogens (tertiary/aromatic N) is 4. The molecule has 1 aromatic rings. The normalized spacial score (nSPS) is 19.3. The first-order valence-electron chi connectivity index (χ1n) is 5.79. The molecule has 0 aromatic carbocycles. The molecule has 0 amide bonds. The highest BCUT2D eigenvalue weighted by Crippen LogP contribution is 2.21. The number of rotatable bonds is 3. The summed E-state index contributed by atoms with van der Waals surface area (Å²) in [6, 6.07) is 0.700. The molecule has 0 aliphatic heterocycles. The Kier molecular flexibility index (Phi) is 3.66. The van der Waals surface area contributed by atoms with Gasteiger partial charge in [0.05, 0.1) is 6.54 Å². The van der Waals surface area contributed by atoms with Crippen LogP contribution in [0, 0.1) is 0 Å². The van der Waals surface area contributed by atoms with Crippen LogP contribution < -0.4 is 0 Å². The molecule has 1 fully saturated rings. The molecule has 15 heavy (non-hydrogen) atoms. The predicted octanol–water partition coefficient (Wildman–Crippen LogP) is 1.35. The minimum Gasteiger partial charge on any atom is -0.296 e. The fourth-order valence-corrected chi connectivity index (χ4v) is 2.30. The molecule has 5 nitrogen and oxygen atoms in total. The Balaban J connectivity index is 1.86. The zero-order chi connectivity index (χ0) is 10.5. The van der Waals surface area contributed by atoms with Crippen LogP contribution in [-0.2, 0) is 6.54 Å². The molecule has 0 saturated heterocycles. The summed E-state index contributed by atoms with van der Waals surface area (Å²) in [7, 11) is 2.16. The minimum absolute atomic E-state index is 0.700. The smallest absolute Gasteiger partial charge is 0.188 e. The van der Waals surface area contributed by atoms with Gasteiger partial charge < -0.3 is 0 Å². The molecule has 1 aromatic heterocycles. The van der Waals surface area contributed by atoms with Gasteiger partial charge in [-0.2, -0.15) is 5.21 Å². The molecular weight excluding hydrogens is 190 g/mol. The van der Waals surface area contributed by atoms with Gasteiger partial charge in [0.2, 0.25) is 0 Å². The largest absolute Gasteiger partial charge is 0.296 e. The molecule has 1 saturated carbocycles. The molecule has 1 aliphatic rings. The average molecular weight is 209 g/mol. The van der Waals surface area contributed by atoms with E-state index in [0.29, 0.717) is 6.04 Å². The third-order valence-corrected chi connectivity index (χ3v) is 3.23. The number of hydrogen-bond acceptors (Lipinski definition) is 4. The minimum atomic E-state index is 0.700. The fourth-order valence-electron chi connectivity index (χ4n) is 2.30. The van der Waals surface area contributed by atoms with E-state index in [2.05, 4.69) is 32.6 Å². The number of H-pyrrole nitrogens is 1. The molecule has 1 heterocycles. The van der Waals surface area contributed by atoms with E-state index in [0.717, 1.165) is 12.4 Å². The van der Waals surface area contributed by atoms with Crippen LogP contribution in [0.2, 0.25) is 0 Å². The van der Waals surface area contributed by atoms with Gasteiger partial charge in [-0.25, -0.2) is 0 Å². The standard InChI is InChI=1S/C10H19N5/c1-15(8-10-11-13-14-12-10)9-6-4-2-3-5-7-9/h9H,2-8H2,1H3,(H,11,12,13,14). The monoisotopic (exact) mass is 209 g/mol. The molecule has 0 unspecified atom stereocenters. The van der Waals surface area contributed by atoms with Crippen LogP contribution in [0.15, 0.2) is 0 Å². The van der Waals surface area contributed by atoms with E-state index in [1.807, 2.05) is 0 Å². The van der Waals surface area contributed by atoms with E-state index in [9.17, 15) is 0 Å². The van der Waals surface area contributed by atoms with Gasteiger partial charge in [-0.3, -0.25) is 4.90 Å². The maximum atomic E-state index is 3.99. The number of tetrazole rings is 1.